The maximum absolute atomic E-state index is 11.6. The standard InChI is InChI=1S/C13H19N3O2/c1-9(14)6-7-12(17)16-11-5-3-4-10(8-11)13(18)15-2/h3-5,8-9H,6-7,14H2,1-2H3,(H,15,18)(H,16,17). The normalized spacial score (nSPS) is 11.7. The van der Waals surface area contributed by atoms with Crippen molar-refractivity contribution < 1.29 is 9.59 Å². The zero-order valence-electron chi connectivity index (χ0n) is 10.7. The van der Waals surface area contributed by atoms with E-state index in [1.807, 2.05) is 6.92 Å². The summed E-state index contributed by atoms with van der Waals surface area (Å²) in [6.45, 7) is 1.86. The second-order valence-electron chi connectivity index (χ2n) is 4.22. The molecule has 1 atom stereocenters. The fourth-order valence-electron chi connectivity index (χ4n) is 1.46. The van der Waals surface area contributed by atoms with Gasteiger partial charge in [-0.25, -0.2) is 0 Å². The van der Waals surface area contributed by atoms with Crippen molar-refractivity contribution in [2.75, 3.05) is 12.4 Å². The summed E-state index contributed by atoms with van der Waals surface area (Å²) in [4.78, 5) is 23.0. The molecule has 0 radical (unpaired) electrons. The Labute approximate surface area is 107 Å². The second-order valence-corrected chi connectivity index (χ2v) is 4.22. The number of amides is 2. The maximum atomic E-state index is 11.6. The van der Waals surface area contributed by atoms with Crippen LogP contribution in [-0.4, -0.2) is 24.9 Å². The lowest BCUT2D eigenvalue weighted by molar-refractivity contribution is -0.116. The summed E-state index contributed by atoms with van der Waals surface area (Å²) >= 11 is 0. The fraction of sp³-hybridized carbons (Fsp3) is 0.385. The zero-order valence-corrected chi connectivity index (χ0v) is 10.7. The highest BCUT2D eigenvalue weighted by molar-refractivity contribution is 5.97. The second kappa shape index (κ2) is 6.76. The van der Waals surface area contributed by atoms with E-state index in [0.29, 0.717) is 24.1 Å². The Morgan fingerprint density at radius 1 is 1.39 bits per heavy atom. The lowest BCUT2D eigenvalue weighted by Gasteiger charge is -2.08. The molecule has 0 aliphatic heterocycles. The van der Waals surface area contributed by atoms with Crippen molar-refractivity contribution in [3.8, 4) is 0 Å². The van der Waals surface area contributed by atoms with Crippen molar-refractivity contribution >= 4 is 17.5 Å². The highest BCUT2D eigenvalue weighted by Gasteiger charge is 2.07. The molecular weight excluding hydrogens is 230 g/mol. The molecule has 0 aliphatic rings. The van der Waals surface area contributed by atoms with Crippen LogP contribution in [0, 0.1) is 0 Å². The van der Waals surface area contributed by atoms with Crippen LogP contribution in [0.4, 0.5) is 5.69 Å². The van der Waals surface area contributed by atoms with Gasteiger partial charge in [0.25, 0.3) is 5.91 Å². The van der Waals surface area contributed by atoms with E-state index < -0.39 is 0 Å². The lowest BCUT2D eigenvalue weighted by Crippen LogP contribution is -2.20. The number of nitrogens with two attached hydrogens (primary N) is 1. The third-order valence-electron chi connectivity index (χ3n) is 2.46. The van der Waals surface area contributed by atoms with Crippen LogP contribution in [0.2, 0.25) is 0 Å². The molecule has 0 bridgehead atoms. The molecule has 1 unspecified atom stereocenters. The molecule has 1 aromatic carbocycles. The molecule has 0 spiro atoms. The van der Waals surface area contributed by atoms with E-state index in [1.165, 1.54) is 0 Å². The van der Waals surface area contributed by atoms with Gasteiger partial charge >= 0.3 is 0 Å². The Morgan fingerprint density at radius 2 is 2.11 bits per heavy atom. The molecule has 0 heterocycles. The number of hydrogen-bond donors (Lipinski definition) is 3. The van der Waals surface area contributed by atoms with Gasteiger partial charge in [-0.1, -0.05) is 6.07 Å². The molecule has 1 rings (SSSR count). The first-order valence-electron chi connectivity index (χ1n) is 5.90. The number of carbonyl (C=O) groups is 2. The van der Waals surface area contributed by atoms with Gasteiger partial charge in [-0.2, -0.15) is 0 Å². The van der Waals surface area contributed by atoms with Crippen molar-refractivity contribution in [3.05, 3.63) is 29.8 Å². The SMILES string of the molecule is CNC(=O)c1cccc(NC(=O)CCC(C)N)c1. The summed E-state index contributed by atoms with van der Waals surface area (Å²) in [6, 6.07) is 6.81. The minimum Gasteiger partial charge on any atom is -0.355 e. The Bertz CT molecular complexity index is 430. The highest BCUT2D eigenvalue weighted by atomic mass is 16.2. The van der Waals surface area contributed by atoms with E-state index >= 15 is 0 Å². The van der Waals surface area contributed by atoms with Gasteiger partial charge in [0.1, 0.15) is 0 Å². The van der Waals surface area contributed by atoms with Crippen molar-refractivity contribution in [1.82, 2.24) is 5.32 Å². The average Bonchev–Trinajstić information content (AvgIpc) is 2.35. The van der Waals surface area contributed by atoms with E-state index in [9.17, 15) is 9.59 Å². The van der Waals surface area contributed by atoms with Gasteiger partial charge in [-0.05, 0) is 31.5 Å². The summed E-state index contributed by atoms with van der Waals surface area (Å²) < 4.78 is 0. The van der Waals surface area contributed by atoms with Gasteiger partial charge in [0.15, 0.2) is 0 Å². The summed E-state index contributed by atoms with van der Waals surface area (Å²) in [7, 11) is 1.57. The molecule has 5 heteroatoms. The zero-order chi connectivity index (χ0) is 13.5. The topological polar surface area (TPSA) is 84.2 Å². The van der Waals surface area contributed by atoms with Gasteiger partial charge in [0.2, 0.25) is 5.91 Å². The molecule has 0 saturated carbocycles. The monoisotopic (exact) mass is 249 g/mol. The molecule has 0 aliphatic carbocycles. The molecule has 0 fully saturated rings. The van der Waals surface area contributed by atoms with E-state index in [2.05, 4.69) is 10.6 Å². The maximum Gasteiger partial charge on any atom is 0.251 e. The number of nitrogens with one attached hydrogen (secondary N) is 2. The molecule has 5 nitrogen and oxygen atoms in total. The number of carbonyl (C=O) groups excluding carboxylic acids is 2. The molecular formula is C13H19N3O2. The van der Waals surface area contributed by atoms with E-state index in [0.717, 1.165) is 0 Å². The van der Waals surface area contributed by atoms with Gasteiger partial charge < -0.3 is 16.4 Å². The quantitative estimate of drug-likeness (QED) is 0.731. The molecule has 18 heavy (non-hydrogen) atoms. The third kappa shape index (κ3) is 4.55. The number of anilines is 1. The molecule has 1 aromatic rings. The predicted octanol–water partition coefficient (Wildman–Crippen LogP) is 1.11. The average molecular weight is 249 g/mol. The predicted molar refractivity (Wildman–Crippen MR) is 71.3 cm³/mol. The van der Waals surface area contributed by atoms with Crippen LogP contribution in [0.3, 0.4) is 0 Å². The summed E-state index contributed by atoms with van der Waals surface area (Å²) in [6.07, 6.45) is 1.02. The van der Waals surface area contributed by atoms with Gasteiger partial charge in [-0.3, -0.25) is 9.59 Å². The van der Waals surface area contributed by atoms with Crippen LogP contribution in [0.25, 0.3) is 0 Å². The van der Waals surface area contributed by atoms with Crippen LogP contribution in [0.5, 0.6) is 0 Å². The van der Waals surface area contributed by atoms with Crippen LogP contribution < -0.4 is 16.4 Å². The Kier molecular flexibility index (Phi) is 5.32. The van der Waals surface area contributed by atoms with Crippen molar-refractivity contribution in [2.45, 2.75) is 25.8 Å². The first-order chi connectivity index (χ1) is 8.52. The van der Waals surface area contributed by atoms with Gasteiger partial charge in [0.05, 0.1) is 0 Å². The Morgan fingerprint density at radius 3 is 2.72 bits per heavy atom. The van der Waals surface area contributed by atoms with E-state index in [1.54, 1.807) is 31.3 Å². The van der Waals surface area contributed by atoms with Crippen LogP contribution in [0.15, 0.2) is 24.3 Å². The molecule has 0 saturated heterocycles. The van der Waals surface area contributed by atoms with Crippen molar-refractivity contribution in [2.24, 2.45) is 5.73 Å². The summed E-state index contributed by atoms with van der Waals surface area (Å²) in [5, 5.41) is 5.28. The smallest absolute Gasteiger partial charge is 0.251 e. The van der Waals surface area contributed by atoms with Crippen LogP contribution in [-0.2, 0) is 4.79 Å². The van der Waals surface area contributed by atoms with Gasteiger partial charge in [0, 0.05) is 30.8 Å². The highest BCUT2D eigenvalue weighted by Crippen LogP contribution is 2.11. The van der Waals surface area contributed by atoms with Crippen LogP contribution in [0.1, 0.15) is 30.1 Å². The van der Waals surface area contributed by atoms with Crippen molar-refractivity contribution in [3.63, 3.8) is 0 Å². The van der Waals surface area contributed by atoms with Gasteiger partial charge in [-0.15, -0.1) is 0 Å². The molecule has 2 amide bonds. The summed E-state index contributed by atoms with van der Waals surface area (Å²) in [5.74, 6) is -0.275. The first kappa shape index (κ1) is 14.2. The van der Waals surface area contributed by atoms with E-state index in [-0.39, 0.29) is 17.9 Å². The minimum atomic E-state index is -0.179. The number of rotatable bonds is 5. The molecule has 98 valence electrons. The lowest BCUT2D eigenvalue weighted by atomic mass is 10.1. The van der Waals surface area contributed by atoms with E-state index in [4.69, 9.17) is 5.73 Å². The number of benzene rings is 1. The Hall–Kier alpha value is -1.88. The molecule has 0 aromatic heterocycles. The largest absolute Gasteiger partial charge is 0.355 e. The number of hydrogen-bond acceptors (Lipinski definition) is 3. The van der Waals surface area contributed by atoms with Crippen molar-refractivity contribution in [1.29, 1.82) is 0 Å². The fourth-order valence-corrected chi connectivity index (χ4v) is 1.46. The summed E-state index contributed by atoms with van der Waals surface area (Å²) in [5.41, 5.74) is 6.72. The Balaban J connectivity index is 2.62. The van der Waals surface area contributed by atoms with Crippen LogP contribution >= 0.6 is 0 Å². The third-order valence-corrected chi connectivity index (χ3v) is 2.46. The minimum absolute atomic E-state index is 0.00736. The molecule has 4 N–H and O–H groups in total. The first-order valence-corrected chi connectivity index (χ1v) is 5.90.